The number of amides is 2. The molecule has 108 valence electrons. The molecule has 2 heterocycles. The van der Waals surface area contributed by atoms with Gasteiger partial charge in [-0.05, 0) is 30.5 Å². The third kappa shape index (κ3) is 3.79. The highest BCUT2D eigenvalue weighted by molar-refractivity contribution is 5.81. The fraction of sp³-hybridized carbons (Fsp3) is 0.533. The molecule has 1 aliphatic rings. The van der Waals surface area contributed by atoms with Gasteiger partial charge < -0.3 is 10.2 Å². The van der Waals surface area contributed by atoms with Crippen LogP contribution in [0.25, 0.3) is 0 Å². The lowest BCUT2D eigenvalue weighted by Crippen LogP contribution is -2.45. The van der Waals surface area contributed by atoms with E-state index in [2.05, 4.69) is 10.3 Å². The summed E-state index contributed by atoms with van der Waals surface area (Å²) in [5, 5.41) is 2.94. The lowest BCUT2D eigenvalue weighted by Gasteiger charge is -2.31. The molecular formula is C15H21N3O2. The Morgan fingerprint density at radius 3 is 2.85 bits per heavy atom. The maximum Gasteiger partial charge on any atom is 0.225 e. The van der Waals surface area contributed by atoms with E-state index in [1.807, 2.05) is 19.1 Å². The molecule has 1 N–H and O–H groups in total. The molecule has 1 aromatic heterocycles. The molecule has 1 unspecified atom stereocenters. The Hall–Kier alpha value is -1.91. The van der Waals surface area contributed by atoms with Crippen LogP contribution in [0.4, 0.5) is 0 Å². The molecular weight excluding hydrogens is 254 g/mol. The second kappa shape index (κ2) is 7.03. The molecule has 1 fully saturated rings. The minimum absolute atomic E-state index is 0.0374. The van der Waals surface area contributed by atoms with Crippen LogP contribution < -0.4 is 5.32 Å². The van der Waals surface area contributed by atoms with Crippen LogP contribution in [0, 0.1) is 5.92 Å². The van der Waals surface area contributed by atoms with Crippen molar-refractivity contribution in [3.63, 3.8) is 0 Å². The highest BCUT2D eigenvalue weighted by Crippen LogP contribution is 2.17. The van der Waals surface area contributed by atoms with E-state index in [1.54, 1.807) is 17.3 Å². The van der Waals surface area contributed by atoms with E-state index in [0.717, 1.165) is 24.9 Å². The third-order valence-electron chi connectivity index (χ3n) is 3.66. The number of aromatic nitrogens is 1. The van der Waals surface area contributed by atoms with E-state index < -0.39 is 0 Å². The Labute approximate surface area is 119 Å². The Balaban J connectivity index is 1.84. The second-order valence-corrected chi connectivity index (χ2v) is 5.11. The zero-order valence-corrected chi connectivity index (χ0v) is 11.8. The van der Waals surface area contributed by atoms with Gasteiger partial charge in [-0.15, -0.1) is 0 Å². The summed E-state index contributed by atoms with van der Waals surface area (Å²) >= 11 is 0. The summed E-state index contributed by atoms with van der Waals surface area (Å²) in [6, 6.07) is 3.77. The normalized spacial score (nSPS) is 18.6. The zero-order chi connectivity index (χ0) is 14.4. The van der Waals surface area contributed by atoms with Gasteiger partial charge in [0.1, 0.15) is 0 Å². The minimum Gasteiger partial charge on any atom is -0.352 e. The minimum atomic E-state index is -0.0823. The van der Waals surface area contributed by atoms with E-state index in [0.29, 0.717) is 19.5 Å². The highest BCUT2D eigenvalue weighted by atomic mass is 16.2. The Morgan fingerprint density at radius 2 is 2.15 bits per heavy atom. The topological polar surface area (TPSA) is 62.3 Å². The van der Waals surface area contributed by atoms with Crippen molar-refractivity contribution in [2.45, 2.75) is 32.7 Å². The molecule has 2 amide bonds. The fourth-order valence-corrected chi connectivity index (χ4v) is 2.48. The maximum atomic E-state index is 12.2. The molecule has 1 aromatic rings. The summed E-state index contributed by atoms with van der Waals surface area (Å²) in [4.78, 5) is 29.6. The van der Waals surface area contributed by atoms with Crippen molar-refractivity contribution in [2.24, 2.45) is 5.92 Å². The second-order valence-electron chi connectivity index (χ2n) is 5.11. The van der Waals surface area contributed by atoms with Crippen LogP contribution in [-0.2, 0) is 16.1 Å². The van der Waals surface area contributed by atoms with Crippen molar-refractivity contribution >= 4 is 11.8 Å². The number of nitrogens with zero attached hydrogens (tertiary/aromatic N) is 2. The van der Waals surface area contributed by atoms with E-state index in [1.165, 1.54) is 0 Å². The van der Waals surface area contributed by atoms with E-state index >= 15 is 0 Å². The molecule has 20 heavy (non-hydrogen) atoms. The summed E-state index contributed by atoms with van der Waals surface area (Å²) in [6.07, 6.45) is 5.69. The van der Waals surface area contributed by atoms with Gasteiger partial charge in [0.15, 0.2) is 0 Å². The first-order valence-electron chi connectivity index (χ1n) is 7.15. The molecule has 1 saturated heterocycles. The van der Waals surface area contributed by atoms with Crippen LogP contribution in [0.15, 0.2) is 24.5 Å². The monoisotopic (exact) mass is 275 g/mol. The number of piperidine rings is 1. The number of hydrogen-bond donors (Lipinski definition) is 1. The van der Waals surface area contributed by atoms with Gasteiger partial charge in [-0.2, -0.15) is 0 Å². The number of rotatable bonds is 4. The smallest absolute Gasteiger partial charge is 0.225 e. The van der Waals surface area contributed by atoms with Crippen LogP contribution >= 0.6 is 0 Å². The van der Waals surface area contributed by atoms with Gasteiger partial charge in [0.2, 0.25) is 11.8 Å². The average Bonchev–Trinajstić information content (AvgIpc) is 2.53. The molecule has 0 saturated carbocycles. The van der Waals surface area contributed by atoms with Crippen molar-refractivity contribution in [2.75, 3.05) is 13.1 Å². The average molecular weight is 275 g/mol. The van der Waals surface area contributed by atoms with Crippen LogP contribution in [-0.4, -0.2) is 34.8 Å². The molecule has 1 atom stereocenters. The zero-order valence-electron chi connectivity index (χ0n) is 11.8. The molecule has 0 radical (unpaired) electrons. The molecule has 5 heteroatoms. The van der Waals surface area contributed by atoms with Crippen LogP contribution in [0.3, 0.4) is 0 Å². The van der Waals surface area contributed by atoms with Crippen molar-refractivity contribution < 1.29 is 9.59 Å². The molecule has 0 aromatic carbocycles. The van der Waals surface area contributed by atoms with Crippen molar-refractivity contribution in [3.8, 4) is 0 Å². The Bertz CT molecular complexity index is 461. The number of carbonyl (C=O) groups is 2. The summed E-state index contributed by atoms with van der Waals surface area (Å²) in [7, 11) is 0. The Kier molecular flexibility index (Phi) is 5.09. The van der Waals surface area contributed by atoms with Gasteiger partial charge in [0.05, 0.1) is 5.92 Å². The summed E-state index contributed by atoms with van der Waals surface area (Å²) < 4.78 is 0. The van der Waals surface area contributed by atoms with Gasteiger partial charge in [-0.1, -0.05) is 6.92 Å². The highest BCUT2D eigenvalue weighted by Gasteiger charge is 2.27. The SMILES string of the molecule is CCC(=O)N1CCCC(C(=O)NCc2ccncc2)C1. The maximum absolute atomic E-state index is 12.2. The van der Waals surface area contributed by atoms with E-state index in [4.69, 9.17) is 0 Å². The Morgan fingerprint density at radius 1 is 1.40 bits per heavy atom. The standard InChI is InChI=1S/C15H21N3O2/c1-2-14(19)18-9-3-4-13(11-18)15(20)17-10-12-5-7-16-8-6-12/h5-8,13H,2-4,9-11H2,1H3,(H,17,20). The van der Waals surface area contributed by atoms with E-state index in [9.17, 15) is 9.59 Å². The lowest BCUT2D eigenvalue weighted by molar-refractivity contribution is -0.135. The number of hydrogen-bond acceptors (Lipinski definition) is 3. The predicted molar refractivity (Wildman–Crippen MR) is 75.7 cm³/mol. The molecule has 0 bridgehead atoms. The number of carbonyl (C=O) groups excluding carboxylic acids is 2. The lowest BCUT2D eigenvalue weighted by atomic mass is 9.97. The van der Waals surface area contributed by atoms with Crippen molar-refractivity contribution in [1.29, 1.82) is 0 Å². The quantitative estimate of drug-likeness (QED) is 0.902. The van der Waals surface area contributed by atoms with Crippen molar-refractivity contribution in [3.05, 3.63) is 30.1 Å². The van der Waals surface area contributed by atoms with Gasteiger partial charge >= 0.3 is 0 Å². The summed E-state index contributed by atoms with van der Waals surface area (Å²) in [5.74, 6) is 0.0909. The number of pyridine rings is 1. The van der Waals surface area contributed by atoms with Crippen LogP contribution in [0.5, 0.6) is 0 Å². The number of nitrogens with one attached hydrogen (secondary N) is 1. The van der Waals surface area contributed by atoms with Gasteiger partial charge in [0, 0.05) is 38.4 Å². The third-order valence-corrected chi connectivity index (χ3v) is 3.66. The first kappa shape index (κ1) is 14.5. The van der Waals surface area contributed by atoms with Gasteiger partial charge in [-0.3, -0.25) is 14.6 Å². The van der Waals surface area contributed by atoms with Crippen LogP contribution in [0.2, 0.25) is 0 Å². The number of likely N-dealkylation sites (tertiary alicyclic amines) is 1. The summed E-state index contributed by atoms with van der Waals surface area (Å²) in [5.41, 5.74) is 1.03. The fourth-order valence-electron chi connectivity index (χ4n) is 2.48. The first-order valence-corrected chi connectivity index (χ1v) is 7.15. The molecule has 0 spiro atoms. The van der Waals surface area contributed by atoms with Crippen LogP contribution in [0.1, 0.15) is 31.7 Å². The molecule has 1 aliphatic heterocycles. The molecule has 5 nitrogen and oxygen atoms in total. The molecule has 2 rings (SSSR count). The first-order chi connectivity index (χ1) is 9.70. The van der Waals surface area contributed by atoms with Gasteiger partial charge in [-0.25, -0.2) is 0 Å². The van der Waals surface area contributed by atoms with Gasteiger partial charge in [0.25, 0.3) is 0 Å². The largest absolute Gasteiger partial charge is 0.352 e. The van der Waals surface area contributed by atoms with E-state index in [-0.39, 0.29) is 17.7 Å². The molecule has 0 aliphatic carbocycles. The van der Waals surface area contributed by atoms with Crippen molar-refractivity contribution in [1.82, 2.24) is 15.2 Å². The summed E-state index contributed by atoms with van der Waals surface area (Å²) in [6.45, 7) is 3.70. The predicted octanol–water partition coefficient (Wildman–Crippen LogP) is 1.35.